The molecule has 38 heavy (non-hydrogen) atoms. The molecule has 0 amide bonds. The minimum absolute atomic E-state index is 0.0499. The Morgan fingerprint density at radius 1 is 1.24 bits per heavy atom. The van der Waals surface area contributed by atoms with Gasteiger partial charge in [0.15, 0.2) is 5.13 Å². The molecule has 0 atom stereocenters. The molecule has 5 nitrogen and oxygen atoms in total. The SMILES string of the molecule is C=C/C=C\C(=NC)c1ccc(-c2sc(Nc3ncc(C(F)(F)F)cc3C(O)=CC)nc2CCC(C)C)cc1. The zero-order chi connectivity index (χ0) is 27.9. The van der Waals surface area contributed by atoms with Gasteiger partial charge in [-0.2, -0.15) is 13.2 Å². The quantitative estimate of drug-likeness (QED) is 0.153. The van der Waals surface area contributed by atoms with E-state index in [2.05, 4.69) is 35.7 Å². The number of nitrogens with one attached hydrogen (secondary N) is 1. The predicted molar refractivity (Wildman–Crippen MR) is 151 cm³/mol. The molecule has 0 radical (unpaired) electrons. The van der Waals surface area contributed by atoms with E-state index < -0.39 is 11.7 Å². The van der Waals surface area contributed by atoms with Crippen LogP contribution in [0.25, 0.3) is 16.2 Å². The van der Waals surface area contributed by atoms with Crippen LogP contribution in [-0.4, -0.2) is 27.8 Å². The molecule has 200 valence electrons. The molecule has 0 aliphatic carbocycles. The standard InChI is InChI=1S/C29H31F3N4OS/c1-6-8-9-23(33-5)19-11-13-20(14-12-19)26-24(15-10-18(3)4)35-28(38-26)36-27-22(25(37)7-2)16-21(17-34-27)29(30,31)32/h6-9,11-14,16-18,37H,1,10,15H2,2-5H3,(H,34,35,36)/b9-8-,25-7?,33-23?. The van der Waals surface area contributed by atoms with Gasteiger partial charge < -0.3 is 10.4 Å². The van der Waals surface area contributed by atoms with Crippen LogP contribution in [0.3, 0.4) is 0 Å². The van der Waals surface area contributed by atoms with Crippen molar-refractivity contribution in [2.75, 3.05) is 12.4 Å². The summed E-state index contributed by atoms with van der Waals surface area (Å²) in [5.74, 6) is 0.257. The van der Waals surface area contributed by atoms with Crippen molar-refractivity contribution in [1.29, 1.82) is 0 Å². The molecule has 0 bridgehead atoms. The zero-order valence-corrected chi connectivity index (χ0v) is 22.6. The highest BCUT2D eigenvalue weighted by Crippen LogP contribution is 2.38. The maximum Gasteiger partial charge on any atom is 0.417 e. The van der Waals surface area contributed by atoms with Crippen LogP contribution in [0.1, 0.15) is 49.6 Å². The summed E-state index contributed by atoms with van der Waals surface area (Å²) in [6.45, 7) is 9.51. The average molecular weight is 541 g/mol. The Kier molecular flexibility index (Phi) is 9.63. The number of nitrogens with zero attached hydrogens (tertiary/aromatic N) is 3. The average Bonchev–Trinajstić information content (AvgIpc) is 3.30. The van der Waals surface area contributed by atoms with Crippen molar-refractivity contribution in [2.45, 2.75) is 39.8 Å². The highest BCUT2D eigenvalue weighted by atomic mass is 32.1. The number of anilines is 2. The summed E-state index contributed by atoms with van der Waals surface area (Å²) in [7, 11) is 1.73. The summed E-state index contributed by atoms with van der Waals surface area (Å²) >= 11 is 1.39. The van der Waals surface area contributed by atoms with Crippen molar-refractivity contribution < 1.29 is 18.3 Å². The summed E-state index contributed by atoms with van der Waals surface area (Å²) < 4.78 is 39.8. The lowest BCUT2D eigenvalue weighted by atomic mass is 10.0. The Hall–Kier alpha value is -3.72. The molecule has 0 aliphatic rings. The van der Waals surface area contributed by atoms with Crippen LogP contribution >= 0.6 is 11.3 Å². The first-order valence-corrected chi connectivity index (χ1v) is 12.9. The topological polar surface area (TPSA) is 70.4 Å². The number of aliphatic hydroxyl groups excluding tert-OH is 1. The number of aromatic nitrogens is 2. The van der Waals surface area contributed by atoms with E-state index in [0.717, 1.165) is 52.5 Å². The number of thiazole rings is 1. The second kappa shape index (κ2) is 12.7. The van der Waals surface area contributed by atoms with Crippen LogP contribution in [0.15, 0.2) is 72.4 Å². The third-order valence-electron chi connectivity index (χ3n) is 5.72. The lowest BCUT2D eigenvalue weighted by Gasteiger charge is -2.12. The molecular weight excluding hydrogens is 509 g/mol. The summed E-state index contributed by atoms with van der Waals surface area (Å²) in [6, 6.07) is 8.87. The van der Waals surface area contributed by atoms with Crippen molar-refractivity contribution in [2.24, 2.45) is 10.9 Å². The van der Waals surface area contributed by atoms with Crippen LogP contribution in [0.4, 0.5) is 24.1 Å². The number of pyridine rings is 1. The van der Waals surface area contributed by atoms with Crippen LogP contribution in [0, 0.1) is 5.92 Å². The number of hydrogen-bond acceptors (Lipinski definition) is 6. The number of halogens is 3. The van der Waals surface area contributed by atoms with Gasteiger partial charge in [-0.15, -0.1) is 0 Å². The number of hydrogen-bond donors (Lipinski definition) is 2. The lowest BCUT2D eigenvalue weighted by molar-refractivity contribution is -0.137. The molecule has 0 saturated heterocycles. The lowest BCUT2D eigenvalue weighted by Crippen LogP contribution is -2.08. The van der Waals surface area contributed by atoms with Crippen molar-refractivity contribution >= 4 is 33.8 Å². The van der Waals surface area contributed by atoms with E-state index in [0.29, 0.717) is 11.0 Å². The normalized spacial score (nSPS) is 12.9. The Balaban J connectivity index is 2.01. The van der Waals surface area contributed by atoms with E-state index in [4.69, 9.17) is 4.98 Å². The molecule has 0 spiro atoms. The van der Waals surface area contributed by atoms with Gasteiger partial charge >= 0.3 is 6.18 Å². The van der Waals surface area contributed by atoms with Gasteiger partial charge in [-0.1, -0.05) is 68.2 Å². The molecule has 1 aromatic carbocycles. The van der Waals surface area contributed by atoms with E-state index >= 15 is 0 Å². The fourth-order valence-corrected chi connectivity index (χ4v) is 4.66. The molecule has 2 heterocycles. The molecule has 9 heteroatoms. The Labute approximate surface area is 225 Å². The Morgan fingerprint density at radius 2 is 1.95 bits per heavy atom. The van der Waals surface area contributed by atoms with Crippen molar-refractivity contribution in [1.82, 2.24) is 9.97 Å². The van der Waals surface area contributed by atoms with E-state index in [-0.39, 0.29) is 17.1 Å². The minimum atomic E-state index is -4.58. The maximum atomic E-state index is 13.3. The molecule has 2 aromatic heterocycles. The first-order chi connectivity index (χ1) is 18.1. The summed E-state index contributed by atoms with van der Waals surface area (Å²) in [4.78, 5) is 14.0. The Morgan fingerprint density at radius 3 is 2.53 bits per heavy atom. The number of aryl methyl sites for hydroxylation is 1. The first kappa shape index (κ1) is 28.8. The van der Waals surface area contributed by atoms with Crippen LogP contribution < -0.4 is 5.32 Å². The first-order valence-electron chi connectivity index (χ1n) is 12.1. The monoisotopic (exact) mass is 540 g/mol. The predicted octanol–water partition coefficient (Wildman–Crippen LogP) is 8.64. The van der Waals surface area contributed by atoms with Gasteiger partial charge in [0.2, 0.25) is 0 Å². The van der Waals surface area contributed by atoms with Crippen molar-refractivity contribution in [3.8, 4) is 10.4 Å². The molecule has 3 aromatic rings. The van der Waals surface area contributed by atoms with E-state index in [1.807, 2.05) is 36.4 Å². The van der Waals surface area contributed by atoms with Gasteiger partial charge in [0.25, 0.3) is 0 Å². The molecule has 0 unspecified atom stereocenters. The van der Waals surface area contributed by atoms with Crippen LogP contribution in [-0.2, 0) is 12.6 Å². The maximum absolute atomic E-state index is 13.3. The highest BCUT2D eigenvalue weighted by molar-refractivity contribution is 7.19. The second-order valence-corrected chi connectivity index (χ2v) is 9.92. The number of aliphatic hydroxyl groups is 1. The van der Waals surface area contributed by atoms with Gasteiger partial charge in [-0.05, 0) is 55.0 Å². The van der Waals surface area contributed by atoms with Crippen molar-refractivity contribution in [3.05, 3.63) is 89.8 Å². The number of benzene rings is 1. The third kappa shape index (κ3) is 7.19. The minimum Gasteiger partial charge on any atom is -0.508 e. The van der Waals surface area contributed by atoms with Gasteiger partial charge in [-0.3, -0.25) is 4.99 Å². The van der Waals surface area contributed by atoms with Crippen LogP contribution in [0.5, 0.6) is 0 Å². The second-order valence-electron chi connectivity index (χ2n) is 8.93. The van der Waals surface area contributed by atoms with E-state index in [1.54, 1.807) is 13.1 Å². The molecule has 2 N–H and O–H groups in total. The summed E-state index contributed by atoms with van der Waals surface area (Å²) in [6.07, 6.45) is 4.57. The van der Waals surface area contributed by atoms with E-state index in [9.17, 15) is 18.3 Å². The van der Waals surface area contributed by atoms with Gasteiger partial charge in [0.1, 0.15) is 11.6 Å². The largest absolute Gasteiger partial charge is 0.508 e. The smallest absolute Gasteiger partial charge is 0.417 e. The summed E-state index contributed by atoms with van der Waals surface area (Å²) in [5.41, 5.74) is 2.65. The van der Waals surface area contributed by atoms with Gasteiger partial charge in [-0.25, -0.2) is 9.97 Å². The molecule has 3 rings (SSSR count). The Bertz CT molecular complexity index is 1350. The molecule has 0 aliphatic heterocycles. The van der Waals surface area contributed by atoms with Crippen LogP contribution in [0.2, 0.25) is 0 Å². The molecule has 0 saturated carbocycles. The number of rotatable bonds is 10. The van der Waals surface area contributed by atoms with Crippen molar-refractivity contribution in [3.63, 3.8) is 0 Å². The highest BCUT2D eigenvalue weighted by Gasteiger charge is 2.32. The number of alkyl halides is 3. The fraction of sp³-hybridized carbons (Fsp3) is 0.276. The zero-order valence-electron chi connectivity index (χ0n) is 21.8. The van der Waals surface area contributed by atoms with Gasteiger partial charge in [0, 0.05) is 13.2 Å². The summed E-state index contributed by atoms with van der Waals surface area (Å²) in [5, 5.41) is 13.8. The number of allylic oxidation sites excluding steroid dienone is 4. The fourth-order valence-electron chi connectivity index (χ4n) is 3.65. The third-order valence-corrected chi connectivity index (χ3v) is 6.78. The molecule has 0 fully saturated rings. The van der Waals surface area contributed by atoms with Gasteiger partial charge in [0.05, 0.1) is 27.4 Å². The number of aliphatic imine (C=N–C) groups is 1. The molecular formula is C29H31F3N4OS. The van der Waals surface area contributed by atoms with E-state index in [1.165, 1.54) is 24.3 Å².